The first-order chi connectivity index (χ1) is 10.1. The monoisotopic (exact) mass is 348 g/mol. The van der Waals surface area contributed by atoms with Crippen molar-refractivity contribution in [1.29, 1.82) is 0 Å². The van der Waals surface area contributed by atoms with Crippen molar-refractivity contribution < 1.29 is 14.6 Å². The third-order valence-electron chi connectivity index (χ3n) is 2.69. The van der Waals surface area contributed by atoms with Crippen LogP contribution >= 0.6 is 15.9 Å². The van der Waals surface area contributed by atoms with E-state index in [1.807, 2.05) is 12.1 Å². The maximum absolute atomic E-state index is 11.8. The Balaban J connectivity index is 2.00. The largest absolute Gasteiger partial charge is 0.508 e. The third-order valence-corrected chi connectivity index (χ3v) is 3.30. The van der Waals surface area contributed by atoms with Crippen molar-refractivity contribution in [3.63, 3.8) is 0 Å². The Kier molecular flexibility index (Phi) is 4.94. The zero-order valence-corrected chi connectivity index (χ0v) is 12.8. The number of benzene rings is 2. The predicted octanol–water partition coefficient (Wildman–Crippen LogP) is 2.93. The Morgan fingerprint density at radius 2 is 2.00 bits per heavy atom. The van der Waals surface area contributed by atoms with Crippen molar-refractivity contribution in [2.24, 2.45) is 5.10 Å². The molecule has 2 aromatic rings. The number of phenolic OH excluding ortho intramolecular Hbond substituents is 1. The predicted molar refractivity (Wildman–Crippen MR) is 83.9 cm³/mol. The summed E-state index contributed by atoms with van der Waals surface area (Å²) in [4.78, 5) is 11.8. The molecule has 0 aliphatic heterocycles. The Morgan fingerprint density at radius 3 is 2.62 bits per heavy atom. The van der Waals surface area contributed by atoms with Crippen LogP contribution in [-0.4, -0.2) is 24.3 Å². The molecule has 0 bridgehead atoms. The molecule has 2 rings (SSSR count). The van der Waals surface area contributed by atoms with Gasteiger partial charge in [-0.25, -0.2) is 5.43 Å². The molecule has 1 amide bonds. The fourth-order valence-electron chi connectivity index (χ4n) is 1.61. The molecule has 0 saturated carbocycles. The summed E-state index contributed by atoms with van der Waals surface area (Å²) in [6.07, 6.45) is 1.53. The van der Waals surface area contributed by atoms with Crippen LogP contribution in [0.25, 0.3) is 0 Å². The lowest BCUT2D eigenvalue weighted by Gasteiger charge is -2.03. The highest BCUT2D eigenvalue weighted by Crippen LogP contribution is 2.24. The zero-order chi connectivity index (χ0) is 15.2. The van der Waals surface area contributed by atoms with Crippen molar-refractivity contribution in [3.05, 3.63) is 58.1 Å². The van der Waals surface area contributed by atoms with E-state index in [-0.39, 0.29) is 11.7 Å². The van der Waals surface area contributed by atoms with Gasteiger partial charge in [-0.2, -0.15) is 5.10 Å². The van der Waals surface area contributed by atoms with Crippen LogP contribution in [-0.2, 0) is 0 Å². The molecule has 0 atom stereocenters. The van der Waals surface area contributed by atoms with E-state index in [9.17, 15) is 4.79 Å². The van der Waals surface area contributed by atoms with E-state index in [1.54, 1.807) is 13.2 Å². The van der Waals surface area contributed by atoms with Crippen molar-refractivity contribution >= 4 is 28.1 Å². The van der Waals surface area contributed by atoms with Gasteiger partial charge in [0.2, 0.25) is 0 Å². The van der Waals surface area contributed by atoms with Gasteiger partial charge in [0.15, 0.2) is 0 Å². The molecule has 0 unspecified atom stereocenters. The molecule has 108 valence electrons. The van der Waals surface area contributed by atoms with Crippen LogP contribution in [0, 0.1) is 0 Å². The number of hydrogen-bond acceptors (Lipinski definition) is 4. The van der Waals surface area contributed by atoms with E-state index in [0.29, 0.717) is 5.56 Å². The van der Waals surface area contributed by atoms with Gasteiger partial charge < -0.3 is 9.84 Å². The lowest BCUT2D eigenvalue weighted by atomic mass is 10.2. The highest BCUT2D eigenvalue weighted by atomic mass is 79.9. The molecule has 2 N–H and O–H groups in total. The number of rotatable bonds is 4. The van der Waals surface area contributed by atoms with Gasteiger partial charge in [0.1, 0.15) is 11.5 Å². The van der Waals surface area contributed by atoms with Crippen LogP contribution in [0.1, 0.15) is 15.9 Å². The number of nitrogens with zero attached hydrogens (tertiary/aromatic N) is 1. The molecule has 0 saturated heterocycles. The molecule has 2 aromatic carbocycles. The number of methoxy groups -OCH3 is 1. The summed E-state index contributed by atoms with van der Waals surface area (Å²) in [7, 11) is 1.59. The van der Waals surface area contributed by atoms with Gasteiger partial charge >= 0.3 is 0 Å². The summed E-state index contributed by atoms with van der Waals surface area (Å²) in [6.45, 7) is 0. The van der Waals surface area contributed by atoms with E-state index < -0.39 is 0 Å². The number of phenols is 1. The number of aromatic hydroxyl groups is 1. The minimum absolute atomic E-state index is 0.109. The van der Waals surface area contributed by atoms with Gasteiger partial charge in [0.05, 0.1) is 17.8 Å². The van der Waals surface area contributed by atoms with Crippen LogP contribution < -0.4 is 10.2 Å². The fourth-order valence-corrected chi connectivity index (χ4v) is 2.16. The second-order valence-corrected chi connectivity index (χ2v) is 4.99. The average molecular weight is 349 g/mol. The van der Waals surface area contributed by atoms with Crippen LogP contribution in [0.2, 0.25) is 0 Å². The second kappa shape index (κ2) is 6.90. The second-order valence-electron chi connectivity index (χ2n) is 4.14. The molecule has 0 aliphatic rings. The quantitative estimate of drug-likeness (QED) is 0.659. The van der Waals surface area contributed by atoms with E-state index in [2.05, 4.69) is 26.5 Å². The van der Waals surface area contributed by atoms with E-state index in [4.69, 9.17) is 9.84 Å². The summed E-state index contributed by atoms with van der Waals surface area (Å²) in [6, 6.07) is 11.4. The van der Waals surface area contributed by atoms with Crippen molar-refractivity contribution in [1.82, 2.24) is 5.43 Å². The van der Waals surface area contributed by atoms with Gasteiger partial charge in [-0.1, -0.05) is 0 Å². The molecular formula is C15H13BrN2O3. The maximum Gasteiger partial charge on any atom is 0.271 e. The molecule has 0 aromatic heterocycles. The number of carbonyl (C=O) groups is 1. The first-order valence-electron chi connectivity index (χ1n) is 6.06. The summed E-state index contributed by atoms with van der Waals surface area (Å²) < 4.78 is 5.93. The summed E-state index contributed by atoms with van der Waals surface area (Å²) in [5, 5.41) is 13.0. The molecule has 0 radical (unpaired) electrons. The lowest BCUT2D eigenvalue weighted by molar-refractivity contribution is 0.0955. The number of amides is 1. The van der Waals surface area contributed by atoms with Gasteiger partial charge in [0, 0.05) is 5.56 Å². The summed E-state index contributed by atoms with van der Waals surface area (Å²) in [5.41, 5.74) is 3.65. The summed E-state index contributed by atoms with van der Waals surface area (Å²) >= 11 is 3.37. The van der Waals surface area contributed by atoms with E-state index >= 15 is 0 Å². The Hall–Kier alpha value is -2.34. The topological polar surface area (TPSA) is 70.9 Å². The standard InChI is InChI=1S/C15H13BrN2O3/c1-21-14-7-2-10(8-13(14)16)9-17-18-15(20)11-3-5-12(19)6-4-11/h2-9,19H,1H3,(H,18,20)/b17-9+. The Morgan fingerprint density at radius 1 is 1.29 bits per heavy atom. The number of carbonyl (C=O) groups excluding carboxylic acids is 1. The Labute approximate surface area is 130 Å². The van der Waals surface area contributed by atoms with Gasteiger partial charge in [-0.05, 0) is 64.0 Å². The molecule has 0 heterocycles. The smallest absolute Gasteiger partial charge is 0.271 e. The van der Waals surface area contributed by atoms with Crippen molar-refractivity contribution in [3.8, 4) is 11.5 Å². The number of hydrogen-bond donors (Lipinski definition) is 2. The highest BCUT2D eigenvalue weighted by Gasteiger charge is 2.03. The maximum atomic E-state index is 11.8. The first-order valence-corrected chi connectivity index (χ1v) is 6.85. The molecule has 21 heavy (non-hydrogen) atoms. The van der Waals surface area contributed by atoms with Crippen LogP contribution in [0.15, 0.2) is 52.0 Å². The van der Waals surface area contributed by atoms with Gasteiger partial charge in [0.25, 0.3) is 5.91 Å². The normalized spacial score (nSPS) is 10.6. The SMILES string of the molecule is COc1ccc(/C=N/NC(=O)c2ccc(O)cc2)cc1Br. The zero-order valence-electron chi connectivity index (χ0n) is 11.2. The number of halogens is 1. The van der Waals surface area contributed by atoms with E-state index in [1.165, 1.54) is 30.5 Å². The van der Waals surface area contributed by atoms with Crippen LogP contribution in [0.5, 0.6) is 11.5 Å². The van der Waals surface area contributed by atoms with Gasteiger partial charge in [-0.15, -0.1) is 0 Å². The third kappa shape index (κ3) is 4.06. The number of hydrazone groups is 1. The Bertz CT molecular complexity index is 669. The molecule has 0 spiro atoms. The molecule has 0 aliphatic carbocycles. The number of ether oxygens (including phenoxy) is 1. The molecular weight excluding hydrogens is 336 g/mol. The average Bonchev–Trinajstić information content (AvgIpc) is 2.48. The van der Waals surface area contributed by atoms with Crippen LogP contribution in [0.4, 0.5) is 0 Å². The van der Waals surface area contributed by atoms with Crippen molar-refractivity contribution in [2.45, 2.75) is 0 Å². The first kappa shape index (κ1) is 15.1. The molecule has 6 heteroatoms. The highest BCUT2D eigenvalue weighted by molar-refractivity contribution is 9.10. The lowest BCUT2D eigenvalue weighted by Crippen LogP contribution is -2.17. The fraction of sp³-hybridized carbons (Fsp3) is 0.0667. The van der Waals surface area contributed by atoms with Crippen molar-refractivity contribution in [2.75, 3.05) is 7.11 Å². The molecule has 0 fully saturated rings. The molecule has 5 nitrogen and oxygen atoms in total. The van der Waals surface area contributed by atoms with Gasteiger partial charge in [-0.3, -0.25) is 4.79 Å². The summed E-state index contributed by atoms with van der Waals surface area (Å²) in [5.74, 6) is 0.484. The minimum Gasteiger partial charge on any atom is -0.508 e. The van der Waals surface area contributed by atoms with Crippen LogP contribution in [0.3, 0.4) is 0 Å². The number of nitrogens with one attached hydrogen (secondary N) is 1. The minimum atomic E-state index is -0.348. The van der Waals surface area contributed by atoms with E-state index in [0.717, 1.165) is 15.8 Å².